The summed E-state index contributed by atoms with van der Waals surface area (Å²) in [5.74, 6) is -0.956. The average molecular weight is 308 g/mol. The fourth-order valence-corrected chi connectivity index (χ4v) is 2.56. The number of amides is 2. The molecule has 0 fully saturated rings. The molecule has 1 heterocycles. The van der Waals surface area contributed by atoms with E-state index in [4.69, 9.17) is 5.11 Å². The molecule has 21 heavy (non-hydrogen) atoms. The predicted octanol–water partition coefficient (Wildman–Crippen LogP) is 1.12. The Morgan fingerprint density at radius 1 is 1.48 bits per heavy atom. The van der Waals surface area contributed by atoms with Crippen molar-refractivity contribution in [2.45, 2.75) is 18.9 Å². The van der Waals surface area contributed by atoms with Gasteiger partial charge in [-0.05, 0) is 36.1 Å². The van der Waals surface area contributed by atoms with E-state index in [0.717, 1.165) is 5.56 Å². The second-order valence-corrected chi connectivity index (χ2v) is 5.73. The third-order valence-electron chi connectivity index (χ3n) is 3.21. The van der Waals surface area contributed by atoms with Gasteiger partial charge in [0.05, 0.1) is 6.42 Å². The Morgan fingerprint density at radius 2 is 2.24 bits per heavy atom. The molecule has 0 aromatic heterocycles. The Morgan fingerprint density at radius 3 is 2.90 bits per heavy atom. The summed E-state index contributed by atoms with van der Waals surface area (Å²) >= 11 is 1.52. The van der Waals surface area contributed by atoms with Gasteiger partial charge in [-0.15, -0.1) is 0 Å². The molecule has 1 aromatic rings. The number of carbonyl (C=O) groups excluding carboxylic acids is 2. The number of rotatable bonds is 6. The van der Waals surface area contributed by atoms with E-state index in [1.54, 1.807) is 18.2 Å². The number of carboxylic acid groups (broad SMARTS) is 1. The van der Waals surface area contributed by atoms with Gasteiger partial charge < -0.3 is 15.7 Å². The van der Waals surface area contributed by atoms with Crippen molar-refractivity contribution in [3.8, 4) is 0 Å². The van der Waals surface area contributed by atoms with Crippen molar-refractivity contribution in [1.29, 1.82) is 0 Å². The van der Waals surface area contributed by atoms with Gasteiger partial charge in [0.2, 0.25) is 5.91 Å². The Balaban J connectivity index is 2.07. The van der Waals surface area contributed by atoms with Gasteiger partial charge >= 0.3 is 5.97 Å². The first-order chi connectivity index (χ1) is 10.0. The summed E-state index contributed by atoms with van der Waals surface area (Å²) in [5, 5.41) is 14.3. The monoisotopic (exact) mass is 308 g/mol. The lowest BCUT2D eigenvalue weighted by atomic mass is 10.1. The van der Waals surface area contributed by atoms with Crippen molar-refractivity contribution in [2.24, 2.45) is 0 Å². The molecule has 2 amide bonds. The number of carbonyl (C=O) groups is 3. The molecule has 1 aliphatic rings. The van der Waals surface area contributed by atoms with Crippen molar-refractivity contribution >= 4 is 35.2 Å². The molecule has 3 N–H and O–H groups in total. The molecule has 0 aliphatic carbocycles. The SMILES string of the molecule is CSCC[C@@H](NC(=O)c1ccc2c(c1)NC(=O)C2)C(=O)O. The van der Waals surface area contributed by atoms with Gasteiger partial charge in [-0.2, -0.15) is 11.8 Å². The quantitative estimate of drug-likeness (QED) is 0.732. The van der Waals surface area contributed by atoms with Crippen molar-refractivity contribution in [3.63, 3.8) is 0 Å². The lowest BCUT2D eigenvalue weighted by molar-refractivity contribution is -0.139. The molecular formula is C14H16N2O4S. The summed E-state index contributed by atoms with van der Waals surface area (Å²) in [7, 11) is 0. The number of carboxylic acids is 1. The van der Waals surface area contributed by atoms with Crippen LogP contribution < -0.4 is 10.6 Å². The van der Waals surface area contributed by atoms with Gasteiger partial charge in [0.1, 0.15) is 6.04 Å². The molecular weight excluding hydrogens is 292 g/mol. The molecule has 7 heteroatoms. The number of hydrogen-bond acceptors (Lipinski definition) is 4. The van der Waals surface area contributed by atoms with Crippen LogP contribution in [0.1, 0.15) is 22.3 Å². The normalized spacial score (nSPS) is 14.2. The topological polar surface area (TPSA) is 95.5 Å². The number of fused-ring (bicyclic) bond motifs is 1. The maximum Gasteiger partial charge on any atom is 0.326 e. The van der Waals surface area contributed by atoms with Crippen LogP contribution in [-0.2, 0) is 16.0 Å². The summed E-state index contributed by atoms with van der Waals surface area (Å²) in [5.41, 5.74) is 1.80. The number of hydrogen-bond donors (Lipinski definition) is 3. The molecule has 0 unspecified atom stereocenters. The maximum absolute atomic E-state index is 12.1. The Bertz CT molecular complexity index is 588. The zero-order chi connectivity index (χ0) is 15.4. The molecule has 6 nitrogen and oxygen atoms in total. The molecule has 0 bridgehead atoms. The number of aliphatic carboxylic acids is 1. The van der Waals surface area contributed by atoms with Crippen LogP contribution in [0.4, 0.5) is 5.69 Å². The van der Waals surface area contributed by atoms with Crippen LogP contribution in [0.3, 0.4) is 0 Å². The third kappa shape index (κ3) is 3.75. The largest absolute Gasteiger partial charge is 0.480 e. The van der Waals surface area contributed by atoms with Crippen molar-refractivity contribution in [1.82, 2.24) is 5.32 Å². The molecule has 2 rings (SSSR count). The number of thioether (sulfide) groups is 1. The van der Waals surface area contributed by atoms with E-state index >= 15 is 0 Å². The Hall–Kier alpha value is -2.02. The van der Waals surface area contributed by atoms with Gasteiger partial charge in [0.15, 0.2) is 0 Å². The molecule has 0 radical (unpaired) electrons. The first kappa shape index (κ1) is 15.4. The van der Waals surface area contributed by atoms with E-state index in [1.807, 2.05) is 6.26 Å². The minimum atomic E-state index is -1.05. The Labute approximate surface area is 126 Å². The van der Waals surface area contributed by atoms with E-state index in [0.29, 0.717) is 29.8 Å². The van der Waals surface area contributed by atoms with E-state index in [-0.39, 0.29) is 5.91 Å². The highest BCUT2D eigenvalue weighted by Crippen LogP contribution is 2.24. The first-order valence-corrected chi connectivity index (χ1v) is 7.86. The van der Waals surface area contributed by atoms with Crippen molar-refractivity contribution < 1.29 is 19.5 Å². The van der Waals surface area contributed by atoms with Gasteiger partial charge in [-0.25, -0.2) is 4.79 Å². The average Bonchev–Trinajstić information content (AvgIpc) is 2.81. The van der Waals surface area contributed by atoms with Crippen LogP contribution in [0.15, 0.2) is 18.2 Å². The fraction of sp³-hybridized carbons (Fsp3) is 0.357. The van der Waals surface area contributed by atoms with E-state index < -0.39 is 17.9 Å². The van der Waals surface area contributed by atoms with Crippen LogP contribution in [0.25, 0.3) is 0 Å². The standard InChI is InChI=1S/C14H16N2O4S/c1-21-5-4-10(14(19)20)16-13(18)9-3-2-8-7-12(17)15-11(8)6-9/h2-3,6,10H,4-5,7H2,1H3,(H,15,17)(H,16,18)(H,19,20)/t10-/m1/s1. The summed E-state index contributed by atoms with van der Waals surface area (Å²) in [4.78, 5) is 34.5. The van der Waals surface area contributed by atoms with E-state index in [2.05, 4.69) is 10.6 Å². The third-order valence-corrected chi connectivity index (χ3v) is 3.86. The summed E-state index contributed by atoms with van der Waals surface area (Å²) in [6.45, 7) is 0. The minimum absolute atomic E-state index is 0.106. The number of nitrogens with one attached hydrogen (secondary N) is 2. The van der Waals surface area contributed by atoms with Crippen LogP contribution >= 0.6 is 11.8 Å². The Kier molecular flexibility index (Phi) is 4.85. The minimum Gasteiger partial charge on any atom is -0.480 e. The second-order valence-electron chi connectivity index (χ2n) is 4.74. The molecule has 1 aromatic carbocycles. The lowest BCUT2D eigenvalue weighted by Gasteiger charge is -2.14. The fourth-order valence-electron chi connectivity index (χ4n) is 2.09. The molecule has 0 saturated carbocycles. The number of benzene rings is 1. The molecule has 1 atom stereocenters. The maximum atomic E-state index is 12.1. The zero-order valence-corrected chi connectivity index (χ0v) is 12.3. The van der Waals surface area contributed by atoms with Gasteiger partial charge in [-0.3, -0.25) is 9.59 Å². The van der Waals surface area contributed by atoms with Crippen LogP contribution in [0, 0.1) is 0 Å². The first-order valence-electron chi connectivity index (χ1n) is 6.46. The van der Waals surface area contributed by atoms with Crippen molar-refractivity contribution in [3.05, 3.63) is 29.3 Å². The van der Waals surface area contributed by atoms with Gasteiger partial charge in [0, 0.05) is 11.3 Å². The highest BCUT2D eigenvalue weighted by molar-refractivity contribution is 7.98. The van der Waals surface area contributed by atoms with Crippen LogP contribution in [0.2, 0.25) is 0 Å². The van der Waals surface area contributed by atoms with E-state index in [9.17, 15) is 14.4 Å². The van der Waals surface area contributed by atoms with Gasteiger partial charge in [0.25, 0.3) is 5.91 Å². The van der Waals surface area contributed by atoms with E-state index in [1.165, 1.54) is 11.8 Å². The highest BCUT2D eigenvalue weighted by atomic mass is 32.2. The van der Waals surface area contributed by atoms with Gasteiger partial charge in [-0.1, -0.05) is 6.07 Å². The molecule has 112 valence electrons. The summed E-state index contributed by atoms with van der Waals surface area (Å²) < 4.78 is 0. The zero-order valence-electron chi connectivity index (χ0n) is 11.5. The second kappa shape index (κ2) is 6.62. The molecule has 1 aliphatic heterocycles. The van der Waals surface area contributed by atoms with Crippen LogP contribution in [0.5, 0.6) is 0 Å². The molecule has 0 spiro atoms. The highest BCUT2D eigenvalue weighted by Gasteiger charge is 2.22. The predicted molar refractivity (Wildman–Crippen MR) is 80.7 cm³/mol. The summed E-state index contributed by atoms with van der Waals surface area (Å²) in [6, 6.07) is 3.97. The van der Waals surface area contributed by atoms with Crippen LogP contribution in [-0.4, -0.2) is 40.9 Å². The summed E-state index contributed by atoms with van der Waals surface area (Å²) in [6.07, 6.45) is 2.55. The van der Waals surface area contributed by atoms with Crippen molar-refractivity contribution in [2.75, 3.05) is 17.3 Å². The number of anilines is 1. The smallest absolute Gasteiger partial charge is 0.326 e. The molecule has 0 saturated heterocycles. The lowest BCUT2D eigenvalue weighted by Crippen LogP contribution is -2.41.